The number of likely N-dealkylation sites (tertiary alicyclic amines) is 1. The molecule has 1 aromatic carbocycles. The molecular weight excluding hydrogens is 460 g/mol. The molecule has 4 amide bonds. The predicted molar refractivity (Wildman–Crippen MR) is 129 cm³/mol. The minimum atomic E-state index is -0.746. The van der Waals surface area contributed by atoms with E-state index in [1.165, 1.54) is 22.8 Å². The van der Waals surface area contributed by atoms with Crippen molar-refractivity contribution in [3.05, 3.63) is 52.3 Å². The number of benzene rings is 1. The van der Waals surface area contributed by atoms with Gasteiger partial charge in [0.25, 0.3) is 0 Å². The molecule has 0 spiro atoms. The van der Waals surface area contributed by atoms with Gasteiger partial charge in [-0.1, -0.05) is 23.8 Å². The molecule has 1 aromatic heterocycles. The zero-order valence-electron chi connectivity index (χ0n) is 18.7. The molecule has 1 saturated heterocycles. The Bertz CT molecular complexity index is 1160. The molecule has 180 valence electrons. The molecule has 2 heterocycles. The Labute approximate surface area is 201 Å². The van der Waals surface area contributed by atoms with E-state index < -0.39 is 18.1 Å². The fraction of sp³-hybridized carbons (Fsp3) is 0.348. The van der Waals surface area contributed by atoms with Gasteiger partial charge in [0.1, 0.15) is 11.8 Å². The number of rotatable bonds is 5. The maximum absolute atomic E-state index is 13.2. The van der Waals surface area contributed by atoms with E-state index in [9.17, 15) is 14.4 Å². The minimum Gasteiger partial charge on any atom is -0.496 e. The second-order valence-electron chi connectivity index (χ2n) is 8.32. The monoisotopic (exact) mass is 486 g/mol. The molecule has 1 fully saturated rings. The highest BCUT2D eigenvalue weighted by Crippen LogP contribution is 2.30. The first-order chi connectivity index (χ1) is 16.3. The average Bonchev–Trinajstić information content (AvgIpc) is 3.39. The van der Waals surface area contributed by atoms with Crippen LogP contribution in [0.2, 0.25) is 5.02 Å². The molecule has 0 bridgehead atoms. The molecule has 34 heavy (non-hydrogen) atoms. The summed E-state index contributed by atoms with van der Waals surface area (Å²) in [6.07, 6.45) is 7.07. The number of hydrogen-bond donors (Lipinski definition) is 4. The van der Waals surface area contributed by atoms with E-state index >= 15 is 0 Å². The number of ether oxygens (including phenoxy) is 1. The molecule has 2 aliphatic rings. The molecule has 11 heteroatoms. The summed E-state index contributed by atoms with van der Waals surface area (Å²) < 4.78 is 6.66. The minimum absolute atomic E-state index is 0.184. The number of methoxy groups -OCH3 is 1. The average molecular weight is 487 g/mol. The summed E-state index contributed by atoms with van der Waals surface area (Å²) in [7, 11) is 1.54. The van der Waals surface area contributed by atoms with E-state index in [-0.39, 0.29) is 25.0 Å². The Balaban J connectivity index is 1.48. The lowest BCUT2D eigenvalue weighted by atomic mass is 10.0. The first kappa shape index (κ1) is 23.7. The Morgan fingerprint density at radius 2 is 2.09 bits per heavy atom. The highest BCUT2D eigenvalue weighted by Gasteiger charge is 2.38. The number of primary amides is 1. The van der Waals surface area contributed by atoms with Crippen LogP contribution in [0, 0.1) is 0 Å². The number of nitrogens with two attached hydrogens (primary N) is 2. The number of hydrogen-bond acceptors (Lipinski definition) is 5. The van der Waals surface area contributed by atoms with Crippen molar-refractivity contribution in [1.29, 1.82) is 0 Å². The van der Waals surface area contributed by atoms with Gasteiger partial charge in [0.2, 0.25) is 5.91 Å². The number of aromatic nitrogens is 1. The van der Waals surface area contributed by atoms with Gasteiger partial charge in [0.05, 0.1) is 12.8 Å². The van der Waals surface area contributed by atoms with Crippen LogP contribution in [-0.4, -0.2) is 53.2 Å². The number of carbonyl (C=O) groups excluding carboxylic acids is 3. The molecule has 1 aliphatic carbocycles. The van der Waals surface area contributed by atoms with Crippen molar-refractivity contribution in [3.8, 4) is 5.75 Å². The third-order valence-corrected chi connectivity index (χ3v) is 6.29. The first-order valence-electron chi connectivity index (χ1n) is 10.9. The molecule has 1 aliphatic heterocycles. The molecule has 2 aromatic rings. The van der Waals surface area contributed by atoms with Crippen molar-refractivity contribution < 1.29 is 19.1 Å². The zero-order chi connectivity index (χ0) is 24.4. The van der Waals surface area contributed by atoms with Crippen LogP contribution < -0.4 is 26.8 Å². The van der Waals surface area contributed by atoms with Gasteiger partial charge in [-0.2, -0.15) is 0 Å². The van der Waals surface area contributed by atoms with Crippen LogP contribution in [0.25, 0.3) is 6.08 Å². The zero-order valence-corrected chi connectivity index (χ0v) is 19.5. The van der Waals surface area contributed by atoms with E-state index in [0.29, 0.717) is 34.9 Å². The second kappa shape index (κ2) is 9.78. The second-order valence-corrected chi connectivity index (χ2v) is 8.76. The van der Waals surface area contributed by atoms with E-state index in [1.54, 1.807) is 18.2 Å². The Morgan fingerprint density at radius 3 is 2.82 bits per heavy atom. The maximum atomic E-state index is 13.2. The van der Waals surface area contributed by atoms with E-state index in [0.717, 1.165) is 17.7 Å². The van der Waals surface area contributed by atoms with Crippen molar-refractivity contribution in [2.24, 2.45) is 11.5 Å². The Hall–Kier alpha value is -3.50. The van der Waals surface area contributed by atoms with Crippen LogP contribution in [0.5, 0.6) is 5.75 Å². The summed E-state index contributed by atoms with van der Waals surface area (Å²) in [5.74, 6) is 0.265. The number of nitrogens with one attached hydrogen (secondary N) is 2. The summed E-state index contributed by atoms with van der Waals surface area (Å²) in [5.41, 5.74) is 14.2. The predicted octanol–water partition coefficient (Wildman–Crippen LogP) is 2.29. The van der Waals surface area contributed by atoms with Gasteiger partial charge < -0.3 is 31.7 Å². The van der Waals surface area contributed by atoms with Gasteiger partial charge in [-0.25, -0.2) is 9.59 Å². The molecule has 10 nitrogen and oxygen atoms in total. The third-order valence-electron chi connectivity index (χ3n) is 6.05. The number of allylic oxidation sites excluding steroid dienone is 1. The largest absolute Gasteiger partial charge is 0.496 e. The summed E-state index contributed by atoms with van der Waals surface area (Å²) in [6.45, 7) is 0.405. The molecule has 0 radical (unpaired) electrons. The van der Waals surface area contributed by atoms with Crippen LogP contribution in [-0.2, 0) is 17.8 Å². The van der Waals surface area contributed by atoms with Gasteiger partial charge >= 0.3 is 12.1 Å². The van der Waals surface area contributed by atoms with Crippen molar-refractivity contribution in [2.45, 2.75) is 37.9 Å². The van der Waals surface area contributed by atoms with Crippen LogP contribution in [0.1, 0.15) is 29.7 Å². The quantitative estimate of drug-likeness (QED) is 0.512. The van der Waals surface area contributed by atoms with Crippen molar-refractivity contribution >= 4 is 41.3 Å². The van der Waals surface area contributed by atoms with Gasteiger partial charge in [0.15, 0.2) is 0 Å². The molecule has 2 atom stereocenters. The van der Waals surface area contributed by atoms with Crippen molar-refractivity contribution in [3.63, 3.8) is 0 Å². The van der Waals surface area contributed by atoms with Gasteiger partial charge in [-0.05, 0) is 37.5 Å². The number of anilines is 1. The lowest BCUT2D eigenvalue weighted by Gasteiger charge is -2.24. The van der Waals surface area contributed by atoms with E-state index in [1.807, 2.05) is 12.2 Å². The van der Waals surface area contributed by atoms with Crippen molar-refractivity contribution in [1.82, 2.24) is 14.8 Å². The Morgan fingerprint density at radius 1 is 1.29 bits per heavy atom. The standard InChI is InChI=1S/C23H27ClN6O4/c1-34-20-7-6-14(24)8-13(20)10-27-21(31)19-9-15(25)11-30(19)23(33)28-17-12-29(22(26)32)18-5-3-2-4-16(17)18/h2,4,6-8,12,15,19H,3,5,9-11,25H2,1H3,(H2,26,32)(H,27,31)(H,28,33)/t15-,19-/m0/s1. The SMILES string of the molecule is COc1ccc(Cl)cc1CNC(=O)[C@@H]1C[C@H](N)CN1C(=O)Nc1cn(C(N)=O)c2c1C=CCC2. The number of nitrogens with zero attached hydrogens (tertiary/aromatic N) is 2. The summed E-state index contributed by atoms with van der Waals surface area (Å²) in [5, 5.41) is 6.20. The van der Waals surface area contributed by atoms with Gasteiger partial charge in [0, 0.05) is 47.2 Å². The molecule has 0 saturated carbocycles. The number of urea groups is 1. The lowest BCUT2D eigenvalue weighted by Crippen LogP contribution is -2.47. The summed E-state index contributed by atoms with van der Waals surface area (Å²) in [6, 6.07) is 2.96. The fourth-order valence-corrected chi connectivity index (χ4v) is 4.63. The van der Waals surface area contributed by atoms with Crippen LogP contribution >= 0.6 is 11.6 Å². The molecule has 0 unspecified atom stereocenters. The van der Waals surface area contributed by atoms with E-state index in [4.69, 9.17) is 27.8 Å². The highest BCUT2D eigenvalue weighted by atomic mass is 35.5. The first-order valence-corrected chi connectivity index (χ1v) is 11.3. The van der Waals surface area contributed by atoms with Gasteiger partial charge in [-0.3, -0.25) is 9.36 Å². The van der Waals surface area contributed by atoms with Crippen molar-refractivity contribution in [2.75, 3.05) is 19.0 Å². The lowest BCUT2D eigenvalue weighted by molar-refractivity contribution is -0.124. The summed E-state index contributed by atoms with van der Waals surface area (Å²) >= 11 is 6.07. The topological polar surface area (TPSA) is 145 Å². The molecular formula is C23H27ClN6O4. The third kappa shape index (κ3) is 4.73. The fourth-order valence-electron chi connectivity index (χ4n) is 4.43. The Kier molecular flexibility index (Phi) is 6.80. The van der Waals surface area contributed by atoms with E-state index in [2.05, 4.69) is 10.6 Å². The number of halogens is 1. The normalized spacial score (nSPS) is 19.0. The number of fused-ring (bicyclic) bond motifs is 1. The van der Waals surface area contributed by atoms with Crippen LogP contribution in [0.4, 0.5) is 15.3 Å². The van der Waals surface area contributed by atoms with Crippen LogP contribution in [0.15, 0.2) is 30.5 Å². The summed E-state index contributed by atoms with van der Waals surface area (Å²) in [4.78, 5) is 39.4. The van der Waals surface area contributed by atoms with Crippen LogP contribution in [0.3, 0.4) is 0 Å². The van der Waals surface area contributed by atoms with Gasteiger partial charge in [-0.15, -0.1) is 0 Å². The highest BCUT2D eigenvalue weighted by molar-refractivity contribution is 6.30. The number of amides is 4. The number of carbonyl (C=O) groups is 3. The molecule has 4 rings (SSSR count). The smallest absolute Gasteiger partial charge is 0.323 e. The maximum Gasteiger partial charge on any atom is 0.323 e. The molecule has 6 N–H and O–H groups in total.